The van der Waals surface area contributed by atoms with E-state index in [4.69, 9.17) is 10.5 Å². The quantitative estimate of drug-likeness (QED) is 0.0982. The molecule has 1 amide bonds. The Bertz CT molecular complexity index is 1570. The van der Waals surface area contributed by atoms with Gasteiger partial charge in [0.1, 0.15) is 12.4 Å². The van der Waals surface area contributed by atoms with Crippen LogP contribution in [0.3, 0.4) is 0 Å². The molecule has 4 aromatic rings. The third kappa shape index (κ3) is 9.00. The molecule has 0 saturated heterocycles. The molecule has 43 heavy (non-hydrogen) atoms. The molecule has 1 heterocycles. The molecular weight excluding hydrogens is 564 g/mol. The number of primary amides is 1. The lowest BCUT2D eigenvalue weighted by Crippen LogP contribution is -2.32. The highest BCUT2D eigenvalue weighted by atomic mass is 19.4. The number of rotatable bonds is 14. The molecule has 4 rings (SSSR count). The second-order valence-corrected chi connectivity index (χ2v) is 9.81. The number of carbonyl (C=O) groups excluding carboxylic acids is 1. The zero-order valence-corrected chi connectivity index (χ0v) is 23.3. The number of halogens is 4. The number of aliphatic hydroxyl groups excluding tert-OH is 1. The lowest BCUT2D eigenvalue weighted by molar-refractivity contribution is -0.123. The summed E-state index contributed by atoms with van der Waals surface area (Å²) in [5.41, 5.74) is 7.14. The number of nitrogens with two attached hydrogens (primary N) is 1. The van der Waals surface area contributed by atoms with Crippen molar-refractivity contribution in [3.63, 3.8) is 0 Å². The van der Waals surface area contributed by atoms with Crippen LogP contribution in [0.5, 0.6) is 5.75 Å². The summed E-state index contributed by atoms with van der Waals surface area (Å²) in [6, 6.07) is 19.7. The topological polar surface area (TPSA) is 104 Å². The van der Waals surface area contributed by atoms with Crippen molar-refractivity contribution in [2.75, 3.05) is 32.8 Å². The maximum Gasteiger partial charge on any atom is 0.393 e. The maximum atomic E-state index is 14.4. The van der Waals surface area contributed by atoms with Crippen LogP contribution >= 0.6 is 0 Å². The van der Waals surface area contributed by atoms with Crippen molar-refractivity contribution in [1.82, 2.24) is 15.1 Å². The Kier molecular flexibility index (Phi) is 10.7. The van der Waals surface area contributed by atoms with E-state index in [0.29, 0.717) is 66.2 Å². The Morgan fingerprint density at radius 3 is 2.37 bits per heavy atom. The van der Waals surface area contributed by atoms with Crippen LogP contribution in [0.2, 0.25) is 0 Å². The van der Waals surface area contributed by atoms with Gasteiger partial charge < -0.3 is 15.6 Å². The minimum atomic E-state index is -4.50. The lowest BCUT2D eigenvalue weighted by atomic mass is 9.87. The van der Waals surface area contributed by atoms with Gasteiger partial charge in [-0.05, 0) is 64.6 Å². The first kappa shape index (κ1) is 31.5. The third-order valence-electron chi connectivity index (χ3n) is 6.73. The molecule has 0 atom stereocenters. The number of H-pyrrole nitrogens is 1. The Labute approximate surface area is 246 Å². The van der Waals surface area contributed by atoms with E-state index in [1.807, 2.05) is 4.90 Å². The predicted octanol–water partition coefficient (Wildman–Crippen LogP) is 5.72. The van der Waals surface area contributed by atoms with Gasteiger partial charge in [-0.2, -0.15) is 22.7 Å². The summed E-state index contributed by atoms with van der Waals surface area (Å²) in [5.74, 6) is -0.688. The van der Waals surface area contributed by atoms with E-state index in [1.165, 1.54) is 12.1 Å². The molecule has 0 aliphatic rings. The van der Waals surface area contributed by atoms with Crippen LogP contribution < -0.4 is 10.5 Å². The minimum Gasteiger partial charge on any atom is -0.492 e. The molecule has 0 aliphatic carbocycles. The molecule has 7 nitrogen and oxygen atoms in total. The second kappa shape index (κ2) is 14.6. The number of carbonyl (C=O) groups is 1. The van der Waals surface area contributed by atoms with E-state index >= 15 is 0 Å². The second-order valence-electron chi connectivity index (χ2n) is 9.81. The van der Waals surface area contributed by atoms with Crippen LogP contribution in [-0.2, 0) is 4.79 Å². The van der Waals surface area contributed by atoms with Gasteiger partial charge >= 0.3 is 6.18 Å². The molecule has 4 N–H and O–H groups in total. The van der Waals surface area contributed by atoms with E-state index in [9.17, 15) is 27.5 Å². The number of allylic oxidation sites excluding steroid dienone is 1. The highest BCUT2D eigenvalue weighted by Gasteiger charge is 2.31. The predicted molar refractivity (Wildman–Crippen MR) is 157 cm³/mol. The van der Waals surface area contributed by atoms with Gasteiger partial charge in [0.2, 0.25) is 11.9 Å². The van der Waals surface area contributed by atoms with Crippen LogP contribution in [0.4, 0.5) is 17.6 Å². The molecule has 0 bridgehead atoms. The summed E-state index contributed by atoms with van der Waals surface area (Å²) >= 11 is 0. The Hall–Kier alpha value is -4.48. The summed E-state index contributed by atoms with van der Waals surface area (Å²) in [7, 11) is 0. The number of aliphatic hydroxyl groups is 1. The summed E-state index contributed by atoms with van der Waals surface area (Å²) in [5, 5.41) is 15.7. The number of nitrogens with zero attached hydrogens (tertiary/aromatic N) is 2. The smallest absolute Gasteiger partial charge is 0.393 e. The van der Waals surface area contributed by atoms with Gasteiger partial charge in [-0.3, -0.25) is 14.8 Å². The zero-order valence-electron chi connectivity index (χ0n) is 23.3. The molecule has 0 fully saturated rings. The number of alkyl halides is 3. The van der Waals surface area contributed by atoms with Gasteiger partial charge in [0.25, 0.3) is 0 Å². The zero-order chi connectivity index (χ0) is 30.8. The summed E-state index contributed by atoms with van der Waals surface area (Å²) in [6.07, 6.45) is -2.16. The number of nitrogens with one attached hydrogen (secondary N) is 1. The van der Waals surface area contributed by atoms with Gasteiger partial charge in [-0.1, -0.05) is 54.6 Å². The number of aromatic amines is 1. The molecule has 3 aromatic carbocycles. The van der Waals surface area contributed by atoms with Crippen LogP contribution in [0.1, 0.15) is 29.5 Å². The molecular formula is C32H32F4N4O3. The molecule has 0 spiro atoms. The van der Waals surface area contributed by atoms with Crippen molar-refractivity contribution in [2.24, 2.45) is 5.73 Å². The lowest BCUT2D eigenvalue weighted by Gasteiger charge is -2.21. The van der Waals surface area contributed by atoms with E-state index in [0.717, 1.165) is 0 Å². The highest BCUT2D eigenvalue weighted by molar-refractivity contribution is 6.00. The van der Waals surface area contributed by atoms with E-state index in [2.05, 4.69) is 10.2 Å². The van der Waals surface area contributed by atoms with Crippen LogP contribution in [0.25, 0.3) is 22.0 Å². The molecule has 0 aliphatic heterocycles. The average Bonchev–Trinajstić information content (AvgIpc) is 3.35. The molecule has 11 heteroatoms. The van der Waals surface area contributed by atoms with Gasteiger partial charge in [0, 0.05) is 19.6 Å². The van der Waals surface area contributed by atoms with Gasteiger partial charge in [-0.25, -0.2) is 0 Å². The van der Waals surface area contributed by atoms with Gasteiger partial charge in [0.15, 0.2) is 0 Å². The number of aromatic nitrogens is 2. The van der Waals surface area contributed by atoms with Crippen molar-refractivity contribution >= 4 is 28.0 Å². The highest BCUT2D eigenvalue weighted by Crippen LogP contribution is 2.40. The number of benzene rings is 3. The first-order valence-corrected chi connectivity index (χ1v) is 13.7. The molecule has 1 aromatic heterocycles. The van der Waals surface area contributed by atoms with Gasteiger partial charge in [0.05, 0.1) is 23.9 Å². The largest absolute Gasteiger partial charge is 0.492 e. The first-order valence-electron chi connectivity index (χ1n) is 13.7. The average molecular weight is 597 g/mol. The summed E-state index contributed by atoms with van der Waals surface area (Å²) in [4.78, 5) is 12.8. The molecule has 0 unspecified atom stereocenters. The normalized spacial score (nSPS) is 12.7. The Balaban J connectivity index is 1.63. The fourth-order valence-corrected chi connectivity index (χ4v) is 4.77. The molecule has 0 radical (unpaired) electrons. The van der Waals surface area contributed by atoms with Crippen molar-refractivity contribution < 1.29 is 32.2 Å². The van der Waals surface area contributed by atoms with Crippen molar-refractivity contribution in [1.29, 1.82) is 0 Å². The minimum absolute atomic E-state index is 0.0421. The van der Waals surface area contributed by atoms with E-state index in [-0.39, 0.29) is 17.6 Å². The fourth-order valence-electron chi connectivity index (χ4n) is 4.77. The summed E-state index contributed by atoms with van der Waals surface area (Å²) < 4.78 is 62.1. The molecule has 226 valence electrons. The number of amides is 1. The van der Waals surface area contributed by atoms with Crippen molar-refractivity contribution in [3.8, 4) is 5.75 Å². The monoisotopic (exact) mass is 596 g/mol. The molecule has 0 saturated carbocycles. The van der Waals surface area contributed by atoms with E-state index in [1.54, 1.807) is 72.8 Å². The number of fused-ring (bicyclic) bond motifs is 1. The SMILES string of the molecule is NC(=O)/C=C/CCN(CCO)CCOc1ccc(/C(=C(/CC(F)(F)F)c2ccccc2)c2ccc3n[nH]c(F)c3c2)cc1. The van der Waals surface area contributed by atoms with Crippen molar-refractivity contribution in [2.45, 2.75) is 19.0 Å². The van der Waals surface area contributed by atoms with Crippen LogP contribution in [0.15, 0.2) is 84.9 Å². The number of ether oxygens (including phenoxy) is 1. The van der Waals surface area contributed by atoms with E-state index < -0.39 is 24.5 Å². The standard InChI is InChI=1S/C32H32F4N4O3/c33-31-26-20-24(11-14-28(26)38-39-31)30(27(21-32(34,35)36)22-6-2-1-3-7-22)23-9-12-25(13-10-23)43-19-17-40(16-18-41)15-5-4-8-29(37)42/h1-4,6-14,20,41H,5,15-19,21H2,(H2,37,42)(H,38,39)/b8-4+,30-27+. The number of hydrogen-bond acceptors (Lipinski definition) is 5. The van der Waals surface area contributed by atoms with Crippen LogP contribution in [-0.4, -0.2) is 65.1 Å². The Morgan fingerprint density at radius 2 is 1.70 bits per heavy atom. The Morgan fingerprint density at radius 1 is 0.977 bits per heavy atom. The summed E-state index contributed by atoms with van der Waals surface area (Å²) in [6.45, 7) is 1.76. The third-order valence-corrected chi connectivity index (χ3v) is 6.73. The number of hydrogen-bond donors (Lipinski definition) is 3. The van der Waals surface area contributed by atoms with Gasteiger partial charge in [-0.15, -0.1) is 0 Å². The first-order chi connectivity index (χ1) is 20.6. The van der Waals surface area contributed by atoms with Crippen LogP contribution in [0, 0.1) is 5.95 Å². The van der Waals surface area contributed by atoms with Crippen molar-refractivity contribution in [3.05, 3.63) is 108 Å². The fraction of sp³-hybridized carbons (Fsp3) is 0.250. The maximum absolute atomic E-state index is 14.4.